The van der Waals surface area contributed by atoms with Gasteiger partial charge in [-0.15, -0.1) is 22.7 Å². The predicted octanol–water partition coefficient (Wildman–Crippen LogP) is 4.58. The number of halogens is 1. The van der Waals surface area contributed by atoms with E-state index < -0.39 is 0 Å². The van der Waals surface area contributed by atoms with Crippen molar-refractivity contribution in [2.45, 2.75) is 13.8 Å². The van der Waals surface area contributed by atoms with Gasteiger partial charge in [0.05, 0.1) is 15.4 Å². The molecule has 3 aromatic rings. The van der Waals surface area contributed by atoms with E-state index in [1.807, 2.05) is 12.1 Å². The Kier molecular flexibility index (Phi) is 3.82. The average molecular weight is 367 g/mol. The van der Waals surface area contributed by atoms with Gasteiger partial charge in [-0.25, -0.2) is 9.97 Å². The highest BCUT2D eigenvalue weighted by Gasteiger charge is 2.11. The highest BCUT2D eigenvalue weighted by molar-refractivity contribution is 9.11. The average Bonchev–Trinajstić information content (AvgIpc) is 2.95. The molecule has 0 unspecified atom stereocenters. The van der Waals surface area contributed by atoms with Crippen molar-refractivity contribution in [3.63, 3.8) is 0 Å². The number of rotatable bonds is 3. The van der Waals surface area contributed by atoms with Crippen LogP contribution >= 0.6 is 38.6 Å². The van der Waals surface area contributed by atoms with Crippen LogP contribution in [0.3, 0.4) is 0 Å². The van der Waals surface area contributed by atoms with Gasteiger partial charge in [0.15, 0.2) is 5.82 Å². The van der Waals surface area contributed by atoms with Crippen molar-refractivity contribution < 1.29 is 0 Å². The zero-order valence-electron chi connectivity index (χ0n) is 10.8. The molecule has 0 bridgehead atoms. The minimum Gasteiger partial charge on any atom is -0.261 e. The third kappa shape index (κ3) is 2.61. The summed E-state index contributed by atoms with van der Waals surface area (Å²) in [5.74, 6) is 0.753. The largest absolute Gasteiger partial charge is 0.261 e. The third-order valence-electron chi connectivity index (χ3n) is 2.92. The van der Waals surface area contributed by atoms with Crippen molar-refractivity contribution in [3.8, 4) is 0 Å². The summed E-state index contributed by atoms with van der Waals surface area (Å²) >= 11 is 6.74. The van der Waals surface area contributed by atoms with Gasteiger partial charge in [-0.3, -0.25) is 5.43 Å². The van der Waals surface area contributed by atoms with Crippen LogP contribution in [-0.4, -0.2) is 16.2 Å². The van der Waals surface area contributed by atoms with Crippen molar-refractivity contribution in [1.82, 2.24) is 9.97 Å². The molecular weight excluding hydrogens is 356 g/mol. The van der Waals surface area contributed by atoms with Crippen LogP contribution in [0, 0.1) is 13.8 Å². The minimum absolute atomic E-state index is 0.753. The van der Waals surface area contributed by atoms with Gasteiger partial charge in [-0.2, -0.15) is 5.10 Å². The molecule has 102 valence electrons. The molecule has 7 heteroatoms. The zero-order valence-corrected chi connectivity index (χ0v) is 14.1. The van der Waals surface area contributed by atoms with Crippen LogP contribution in [-0.2, 0) is 0 Å². The first-order valence-corrected chi connectivity index (χ1v) is 8.33. The van der Waals surface area contributed by atoms with Crippen LogP contribution in [0.2, 0.25) is 0 Å². The maximum absolute atomic E-state index is 4.30. The highest BCUT2D eigenvalue weighted by atomic mass is 79.9. The van der Waals surface area contributed by atoms with E-state index in [-0.39, 0.29) is 0 Å². The van der Waals surface area contributed by atoms with Crippen molar-refractivity contribution in [3.05, 3.63) is 37.6 Å². The van der Waals surface area contributed by atoms with E-state index in [0.29, 0.717) is 0 Å². The highest BCUT2D eigenvalue weighted by Crippen LogP contribution is 2.32. The zero-order chi connectivity index (χ0) is 14.1. The van der Waals surface area contributed by atoms with Gasteiger partial charge >= 0.3 is 0 Å². The monoisotopic (exact) mass is 366 g/mol. The first kappa shape index (κ1) is 13.7. The summed E-state index contributed by atoms with van der Waals surface area (Å²) in [6.07, 6.45) is 3.36. The lowest BCUT2D eigenvalue weighted by molar-refractivity contribution is 1.19. The predicted molar refractivity (Wildman–Crippen MR) is 90.1 cm³/mol. The Morgan fingerprint density at radius 3 is 2.85 bits per heavy atom. The third-order valence-corrected chi connectivity index (χ3v) is 5.60. The number of aromatic nitrogens is 2. The van der Waals surface area contributed by atoms with Crippen molar-refractivity contribution in [2.75, 3.05) is 5.43 Å². The molecule has 0 saturated carbocycles. The lowest BCUT2D eigenvalue weighted by Gasteiger charge is -2.01. The summed E-state index contributed by atoms with van der Waals surface area (Å²) in [6, 6.07) is 4.01. The Hall–Kier alpha value is -1.31. The van der Waals surface area contributed by atoms with Gasteiger partial charge in [0.25, 0.3) is 0 Å². The van der Waals surface area contributed by atoms with E-state index in [2.05, 4.69) is 50.3 Å². The Labute approximate surface area is 132 Å². The Balaban J connectivity index is 1.89. The standard InChI is InChI=1S/C13H11BrN4S2/c1-7-8(2)19-13-11(7)12(15-6-16-13)18-17-5-9-3-4-10(14)20-9/h3-6H,1-2H3,(H,15,16,18)/b17-5-. The molecule has 1 N–H and O–H groups in total. The topological polar surface area (TPSA) is 50.2 Å². The number of aryl methyl sites for hydroxylation is 2. The molecule has 0 atom stereocenters. The summed E-state index contributed by atoms with van der Waals surface area (Å²) in [4.78, 5) is 11.9. The summed E-state index contributed by atoms with van der Waals surface area (Å²) in [6.45, 7) is 4.18. The summed E-state index contributed by atoms with van der Waals surface area (Å²) in [5, 5.41) is 5.31. The summed E-state index contributed by atoms with van der Waals surface area (Å²) < 4.78 is 1.09. The van der Waals surface area contributed by atoms with Crippen molar-refractivity contribution >= 4 is 60.9 Å². The van der Waals surface area contributed by atoms with E-state index in [4.69, 9.17) is 0 Å². The molecule has 20 heavy (non-hydrogen) atoms. The fraction of sp³-hybridized carbons (Fsp3) is 0.154. The number of nitrogens with zero attached hydrogens (tertiary/aromatic N) is 3. The molecule has 3 heterocycles. The molecule has 0 amide bonds. The van der Waals surface area contributed by atoms with E-state index in [9.17, 15) is 0 Å². The van der Waals surface area contributed by atoms with E-state index >= 15 is 0 Å². The summed E-state index contributed by atoms with van der Waals surface area (Å²) in [5.41, 5.74) is 4.23. The molecule has 0 spiro atoms. The summed E-state index contributed by atoms with van der Waals surface area (Å²) in [7, 11) is 0. The van der Waals surface area contributed by atoms with Gasteiger partial charge in [0.1, 0.15) is 11.2 Å². The Morgan fingerprint density at radius 2 is 2.10 bits per heavy atom. The van der Waals surface area contributed by atoms with Crippen molar-refractivity contribution in [1.29, 1.82) is 0 Å². The number of fused-ring (bicyclic) bond motifs is 1. The quantitative estimate of drug-likeness (QED) is 0.545. The smallest absolute Gasteiger partial charge is 0.158 e. The fourth-order valence-electron chi connectivity index (χ4n) is 1.82. The molecule has 0 fully saturated rings. The van der Waals surface area contributed by atoms with Gasteiger partial charge in [-0.1, -0.05) is 0 Å². The molecule has 0 radical (unpaired) electrons. The molecule has 3 rings (SSSR count). The molecule has 0 aliphatic rings. The number of thiophene rings is 2. The van der Waals surface area contributed by atoms with Gasteiger partial charge < -0.3 is 0 Å². The van der Waals surface area contributed by atoms with E-state index in [1.54, 1.807) is 35.2 Å². The Morgan fingerprint density at radius 1 is 1.25 bits per heavy atom. The normalized spacial score (nSPS) is 11.6. The second-order valence-corrected chi connectivity index (χ2v) is 7.90. The molecule has 4 nitrogen and oxygen atoms in total. The molecule has 3 aromatic heterocycles. The second-order valence-electron chi connectivity index (χ2n) is 4.20. The van der Waals surface area contributed by atoms with Crippen LogP contribution in [0.5, 0.6) is 0 Å². The molecule has 0 aliphatic heterocycles. The maximum Gasteiger partial charge on any atom is 0.158 e. The van der Waals surface area contributed by atoms with E-state index in [0.717, 1.165) is 24.7 Å². The first-order chi connectivity index (χ1) is 9.65. The lowest BCUT2D eigenvalue weighted by atomic mass is 10.2. The first-order valence-electron chi connectivity index (χ1n) is 5.90. The van der Waals surface area contributed by atoms with Crippen LogP contribution in [0.25, 0.3) is 10.2 Å². The number of hydrazone groups is 1. The fourth-order valence-corrected chi connectivity index (χ4v) is 4.11. The van der Waals surface area contributed by atoms with E-state index in [1.165, 1.54) is 10.4 Å². The van der Waals surface area contributed by atoms with Gasteiger partial charge in [0, 0.05) is 9.75 Å². The number of hydrogen-bond acceptors (Lipinski definition) is 6. The molecule has 0 aromatic carbocycles. The SMILES string of the molecule is Cc1sc2ncnc(N/N=C\c3ccc(Br)s3)c2c1C. The molecule has 0 saturated heterocycles. The van der Waals surface area contributed by atoms with Crippen LogP contribution in [0.1, 0.15) is 15.3 Å². The number of anilines is 1. The van der Waals surface area contributed by atoms with Crippen molar-refractivity contribution in [2.24, 2.45) is 5.10 Å². The number of hydrogen-bond donors (Lipinski definition) is 1. The maximum atomic E-state index is 4.30. The minimum atomic E-state index is 0.753. The van der Waals surface area contributed by atoms with Crippen LogP contribution in [0.15, 0.2) is 27.3 Å². The van der Waals surface area contributed by atoms with Crippen LogP contribution in [0.4, 0.5) is 5.82 Å². The number of nitrogens with one attached hydrogen (secondary N) is 1. The van der Waals surface area contributed by atoms with Gasteiger partial charge in [-0.05, 0) is 47.5 Å². The van der Waals surface area contributed by atoms with Crippen LogP contribution < -0.4 is 5.43 Å². The van der Waals surface area contributed by atoms with Gasteiger partial charge in [0.2, 0.25) is 0 Å². The second kappa shape index (κ2) is 5.59. The molecular formula is C13H11BrN4S2. The molecule has 0 aliphatic carbocycles. The Bertz CT molecular complexity index is 791. The lowest BCUT2D eigenvalue weighted by Crippen LogP contribution is -1.94.